The summed E-state index contributed by atoms with van der Waals surface area (Å²) in [6.45, 7) is -1.86. The van der Waals surface area contributed by atoms with Crippen LogP contribution in [0.4, 0.5) is 17.1 Å². The Bertz CT molecular complexity index is 1060. The van der Waals surface area contributed by atoms with Crippen LogP contribution in [-0.4, -0.2) is 71.8 Å². The predicted octanol–water partition coefficient (Wildman–Crippen LogP) is 0.668. The first-order valence-corrected chi connectivity index (χ1v) is 13.3. The van der Waals surface area contributed by atoms with Crippen molar-refractivity contribution in [3.8, 4) is 0 Å². The van der Waals surface area contributed by atoms with Gasteiger partial charge in [-0.05, 0) is 12.5 Å². The maximum absolute atomic E-state index is 12.7. The summed E-state index contributed by atoms with van der Waals surface area (Å²) in [6, 6.07) is 1.10. The number of hydrogen-bond donors (Lipinski definition) is 4. The summed E-state index contributed by atoms with van der Waals surface area (Å²) in [7, 11) is -8.62. The van der Waals surface area contributed by atoms with Crippen molar-refractivity contribution in [2.45, 2.75) is 6.42 Å². The van der Waals surface area contributed by atoms with Crippen LogP contribution in [0.2, 0.25) is 0 Å². The first-order valence-electron chi connectivity index (χ1n) is 8.79. The van der Waals surface area contributed by atoms with Crippen LogP contribution in [0, 0.1) is 20.2 Å². The molecule has 0 bridgehead atoms. The molecule has 4 N–H and O–H groups in total. The number of amides is 1. The second kappa shape index (κ2) is 12.3. The summed E-state index contributed by atoms with van der Waals surface area (Å²) in [5.74, 6) is -1.26. The Hall–Kier alpha value is -2.21. The first kappa shape index (κ1) is 28.8. The Kier molecular flexibility index (Phi) is 10.8. The lowest BCUT2D eigenvalue weighted by Gasteiger charge is -2.14. The van der Waals surface area contributed by atoms with E-state index < -0.39 is 70.4 Å². The Morgan fingerprint density at radius 3 is 2.27 bits per heavy atom. The number of aryl methyl sites for hydroxylation is 1. The average Bonchev–Trinajstić information content (AvgIpc) is 2.66. The number of phosphoric ester groups is 1. The smallest absolute Gasteiger partial charge is 0.377 e. The normalized spacial score (nSPS) is 11.8. The fraction of sp³-hybridized carbons (Fsp3) is 0.500. The molecule has 186 valence electrons. The number of nitrogens with one attached hydrogen (secondary N) is 2. The van der Waals surface area contributed by atoms with E-state index in [1.54, 1.807) is 0 Å². The van der Waals surface area contributed by atoms with Crippen LogP contribution in [-0.2, 0) is 29.8 Å². The van der Waals surface area contributed by atoms with Gasteiger partial charge in [-0.15, -0.1) is 0 Å². The molecular weight excluding hydrogens is 559 g/mol. The second-order valence-corrected chi connectivity index (χ2v) is 9.82. The molecule has 0 aromatic heterocycles. The molecule has 0 radical (unpaired) electrons. The molecule has 19 heteroatoms. The van der Waals surface area contributed by atoms with Crippen molar-refractivity contribution in [2.24, 2.45) is 0 Å². The van der Waals surface area contributed by atoms with Crippen LogP contribution in [0.1, 0.15) is 15.9 Å². The fourth-order valence-electron chi connectivity index (χ4n) is 2.55. The van der Waals surface area contributed by atoms with Crippen molar-refractivity contribution in [1.29, 1.82) is 0 Å². The number of nitro benzene ring substituents is 2. The predicted molar refractivity (Wildman–Crippen MR) is 117 cm³/mol. The number of nitrogens with zero attached hydrogens (tertiary/aromatic N) is 2. The Balaban J connectivity index is 3.42. The third kappa shape index (κ3) is 9.66. The zero-order valence-electron chi connectivity index (χ0n) is 16.9. The van der Waals surface area contributed by atoms with E-state index in [1.807, 2.05) is 0 Å². The van der Waals surface area contributed by atoms with Gasteiger partial charge in [0.25, 0.3) is 21.7 Å². The van der Waals surface area contributed by atoms with Crippen molar-refractivity contribution in [1.82, 2.24) is 5.32 Å². The molecule has 1 rings (SSSR count). The lowest BCUT2D eigenvalue weighted by molar-refractivity contribution is -0.394. The summed E-state index contributed by atoms with van der Waals surface area (Å²) in [5, 5.41) is 28.3. The number of halogens is 1. The number of rotatable bonds is 14. The summed E-state index contributed by atoms with van der Waals surface area (Å²) in [5.41, 5.74) is -3.01. The first-order chi connectivity index (χ1) is 15.2. The maximum Gasteiger partial charge on any atom is 0.469 e. The van der Waals surface area contributed by atoms with Gasteiger partial charge >= 0.3 is 13.5 Å². The molecule has 16 nitrogen and oxygen atoms in total. The molecule has 0 aliphatic heterocycles. The van der Waals surface area contributed by atoms with Crippen LogP contribution < -0.4 is 10.6 Å². The number of carbonyl (C=O) groups excluding carboxylic acids is 1. The van der Waals surface area contributed by atoms with Gasteiger partial charge in [0.2, 0.25) is 0 Å². The Morgan fingerprint density at radius 2 is 1.79 bits per heavy atom. The molecular formula is C14H20BrN4O12PS. The number of nitro groups is 2. The van der Waals surface area contributed by atoms with Crippen LogP contribution in [0.5, 0.6) is 0 Å². The highest BCUT2D eigenvalue weighted by Crippen LogP contribution is 2.39. The molecule has 0 unspecified atom stereocenters. The molecule has 0 saturated carbocycles. The van der Waals surface area contributed by atoms with E-state index >= 15 is 0 Å². The lowest BCUT2D eigenvalue weighted by Crippen LogP contribution is -2.29. The van der Waals surface area contributed by atoms with Crippen LogP contribution >= 0.6 is 23.8 Å². The fourth-order valence-corrected chi connectivity index (χ4v) is 3.70. The van der Waals surface area contributed by atoms with Crippen LogP contribution in [0.3, 0.4) is 0 Å². The molecule has 0 heterocycles. The summed E-state index contributed by atoms with van der Waals surface area (Å²) < 4.78 is 41.5. The van der Waals surface area contributed by atoms with Crippen molar-refractivity contribution < 1.29 is 46.1 Å². The zero-order valence-corrected chi connectivity index (χ0v) is 20.2. The van der Waals surface area contributed by atoms with E-state index in [1.165, 1.54) is 0 Å². The molecule has 1 aromatic carbocycles. The van der Waals surface area contributed by atoms with Gasteiger partial charge in [0.1, 0.15) is 5.69 Å². The third-order valence-corrected chi connectivity index (χ3v) is 5.18. The molecule has 0 atom stereocenters. The average molecular weight is 579 g/mol. The molecule has 0 aliphatic rings. The molecule has 1 aromatic rings. The molecule has 33 heavy (non-hydrogen) atoms. The van der Waals surface area contributed by atoms with Gasteiger partial charge in [-0.1, -0.05) is 15.9 Å². The van der Waals surface area contributed by atoms with E-state index in [-0.39, 0.29) is 29.5 Å². The monoisotopic (exact) mass is 578 g/mol. The highest BCUT2D eigenvalue weighted by Gasteiger charge is 2.37. The Labute approximate surface area is 195 Å². The number of benzene rings is 1. The lowest BCUT2D eigenvalue weighted by atomic mass is 10.00. The second-order valence-electron chi connectivity index (χ2n) is 6.14. The number of phosphoric acid groups is 1. The number of hydrogen-bond acceptors (Lipinski definition) is 11. The SMILES string of the molecule is CS(=O)(=O)OCCNc1cc(CCBr)c([N+](=O)[O-])c(C(=O)NCCOP(=O)(O)O)c1[N+](=O)[O-]. The third-order valence-electron chi connectivity index (χ3n) is 3.67. The largest absolute Gasteiger partial charge is 0.469 e. The molecule has 0 saturated heterocycles. The van der Waals surface area contributed by atoms with Crippen molar-refractivity contribution in [3.63, 3.8) is 0 Å². The van der Waals surface area contributed by atoms with Crippen LogP contribution in [0.15, 0.2) is 6.07 Å². The minimum atomic E-state index is -4.84. The number of anilines is 1. The minimum Gasteiger partial charge on any atom is -0.377 e. The van der Waals surface area contributed by atoms with Crippen LogP contribution in [0.25, 0.3) is 0 Å². The summed E-state index contributed by atoms with van der Waals surface area (Å²) >= 11 is 3.10. The van der Waals surface area contributed by atoms with Crippen molar-refractivity contribution >= 4 is 56.8 Å². The van der Waals surface area contributed by atoms with Gasteiger partial charge < -0.3 is 20.4 Å². The van der Waals surface area contributed by atoms with Gasteiger partial charge in [0, 0.05) is 24.0 Å². The Morgan fingerprint density at radius 1 is 1.18 bits per heavy atom. The number of carbonyl (C=O) groups is 1. The minimum absolute atomic E-state index is 0.00439. The van der Waals surface area contributed by atoms with E-state index in [9.17, 15) is 38.0 Å². The van der Waals surface area contributed by atoms with E-state index in [0.717, 1.165) is 12.3 Å². The highest BCUT2D eigenvalue weighted by molar-refractivity contribution is 9.09. The van der Waals surface area contributed by atoms with Gasteiger partial charge in [-0.25, -0.2) is 4.57 Å². The summed E-state index contributed by atoms with van der Waals surface area (Å²) in [4.78, 5) is 51.4. The standard InChI is InChI=1S/C14H20BrN4O12PS/c1-33(28,29)31-7-5-16-10-8-9(2-3-15)12(18(21)22)11(13(10)19(23)24)14(20)17-4-6-30-32(25,26)27/h8,16H,2-7H2,1H3,(H,17,20)(H2,25,26,27). The van der Waals surface area contributed by atoms with E-state index in [4.69, 9.17) is 9.79 Å². The molecule has 0 spiro atoms. The van der Waals surface area contributed by atoms with Gasteiger partial charge in [-0.2, -0.15) is 8.42 Å². The quantitative estimate of drug-likeness (QED) is 0.0593. The van der Waals surface area contributed by atoms with Crippen molar-refractivity contribution in [3.05, 3.63) is 37.4 Å². The topological polar surface area (TPSA) is 238 Å². The number of alkyl halides is 1. The molecule has 0 aliphatic carbocycles. The van der Waals surface area contributed by atoms with E-state index in [0.29, 0.717) is 0 Å². The van der Waals surface area contributed by atoms with Gasteiger partial charge in [0.15, 0.2) is 5.56 Å². The van der Waals surface area contributed by atoms with Gasteiger partial charge in [-0.3, -0.25) is 33.7 Å². The zero-order chi connectivity index (χ0) is 25.4. The van der Waals surface area contributed by atoms with Gasteiger partial charge in [0.05, 0.1) is 29.3 Å². The molecule has 0 fully saturated rings. The van der Waals surface area contributed by atoms with Crippen molar-refractivity contribution in [2.75, 3.05) is 43.2 Å². The highest BCUT2D eigenvalue weighted by atomic mass is 79.9. The summed E-state index contributed by atoms with van der Waals surface area (Å²) in [6.07, 6.45) is 0.804. The van der Waals surface area contributed by atoms with E-state index in [2.05, 4.69) is 35.3 Å². The molecule has 1 amide bonds. The maximum atomic E-state index is 12.7.